The van der Waals surface area contributed by atoms with Gasteiger partial charge in [0.1, 0.15) is 5.82 Å². The van der Waals surface area contributed by atoms with Crippen molar-refractivity contribution in [2.24, 2.45) is 4.99 Å². The lowest BCUT2D eigenvalue weighted by Crippen LogP contribution is -2.45. The smallest absolute Gasteiger partial charge is 0.202 e. The van der Waals surface area contributed by atoms with Crippen molar-refractivity contribution < 1.29 is 9.13 Å². The Kier molecular flexibility index (Phi) is 4.78. The molecular weight excluding hydrogens is 293 g/mol. The molecule has 0 spiro atoms. The second-order valence-corrected chi connectivity index (χ2v) is 6.27. The predicted molar refractivity (Wildman–Crippen MR) is 90.2 cm³/mol. The van der Waals surface area contributed by atoms with E-state index in [2.05, 4.69) is 21.8 Å². The summed E-state index contributed by atoms with van der Waals surface area (Å²) >= 11 is 0. The van der Waals surface area contributed by atoms with E-state index in [4.69, 9.17) is 4.74 Å². The lowest BCUT2D eigenvalue weighted by atomic mass is 9.93. The quantitative estimate of drug-likeness (QED) is 0.669. The first kappa shape index (κ1) is 16.1. The summed E-state index contributed by atoms with van der Waals surface area (Å²) in [6.45, 7) is 8.87. The van der Waals surface area contributed by atoms with Gasteiger partial charge < -0.3 is 10.1 Å². The summed E-state index contributed by atoms with van der Waals surface area (Å²) in [5.41, 5.74) is 1.77. The number of nitrogens with zero attached hydrogens (tertiary/aromatic N) is 2. The Bertz CT molecular complexity index is 587. The molecule has 1 saturated carbocycles. The van der Waals surface area contributed by atoms with Crippen molar-refractivity contribution in [3.05, 3.63) is 47.9 Å². The van der Waals surface area contributed by atoms with E-state index in [1.165, 1.54) is 12.1 Å². The van der Waals surface area contributed by atoms with Gasteiger partial charge in [-0.1, -0.05) is 18.7 Å². The number of halogens is 1. The van der Waals surface area contributed by atoms with Gasteiger partial charge in [0.2, 0.25) is 5.90 Å². The molecule has 1 saturated heterocycles. The summed E-state index contributed by atoms with van der Waals surface area (Å²) in [7, 11) is 1.66. The maximum absolute atomic E-state index is 13.1. The van der Waals surface area contributed by atoms with E-state index in [-0.39, 0.29) is 11.2 Å². The highest BCUT2D eigenvalue weighted by Gasteiger charge is 2.47. The second kappa shape index (κ2) is 6.81. The molecule has 0 amide bonds. The van der Waals surface area contributed by atoms with Gasteiger partial charge in [-0.25, -0.2) is 9.38 Å². The van der Waals surface area contributed by atoms with Crippen molar-refractivity contribution in [3.63, 3.8) is 0 Å². The molecule has 0 unspecified atom stereocenters. The predicted octanol–water partition coefficient (Wildman–Crippen LogP) is 2.32. The number of aliphatic imine (C=N–C) groups is 1. The van der Waals surface area contributed by atoms with Gasteiger partial charge in [0.15, 0.2) is 0 Å². The van der Waals surface area contributed by atoms with Crippen LogP contribution in [0.1, 0.15) is 18.4 Å². The Labute approximate surface area is 137 Å². The average molecular weight is 317 g/mol. The minimum Gasteiger partial charge on any atom is -0.483 e. The molecule has 124 valence electrons. The standard InChI is InChI=1S/C18H24FN3O/c1-14(18(7-8-18)15-3-5-16(19)6-4-15)21-17(23-2)13-22-11-9-20-10-12-22/h3-6,20H,1,7-13H2,2H3. The number of methoxy groups -OCH3 is 1. The topological polar surface area (TPSA) is 36.9 Å². The van der Waals surface area contributed by atoms with Gasteiger partial charge in [-0.3, -0.25) is 4.90 Å². The van der Waals surface area contributed by atoms with Crippen LogP contribution in [0.25, 0.3) is 0 Å². The van der Waals surface area contributed by atoms with E-state index in [9.17, 15) is 4.39 Å². The number of ether oxygens (including phenoxy) is 1. The molecule has 1 heterocycles. The zero-order chi connectivity index (χ0) is 16.3. The van der Waals surface area contributed by atoms with Crippen LogP contribution < -0.4 is 5.32 Å². The molecule has 1 aromatic carbocycles. The lowest BCUT2D eigenvalue weighted by Gasteiger charge is -2.27. The molecule has 0 radical (unpaired) electrons. The zero-order valence-corrected chi connectivity index (χ0v) is 13.6. The van der Waals surface area contributed by atoms with E-state index in [0.717, 1.165) is 50.3 Å². The van der Waals surface area contributed by atoms with Crippen LogP contribution in [0.5, 0.6) is 0 Å². The third kappa shape index (κ3) is 3.62. The Balaban J connectivity index is 1.71. The zero-order valence-electron chi connectivity index (χ0n) is 13.6. The first-order chi connectivity index (χ1) is 11.1. The van der Waals surface area contributed by atoms with Crippen LogP contribution >= 0.6 is 0 Å². The monoisotopic (exact) mass is 317 g/mol. The number of hydrogen-bond acceptors (Lipinski definition) is 4. The molecule has 0 atom stereocenters. The summed E-state index contributed by atoms with van der Waals surface area (Å²) in [5, 5.41) is 3.34. The van der Waals surface area contributed by atoms with Gasteiger partial charge in [0.25, 0.3) is 0 Å². The Hall–Kier alpha value is -1.72. The summed E-state index contributed by atoms with van der Waals surface area (Å²) in [4.78, 5) is 6.99. The van der Waals surface area contributed by atoms with Crippen molar-refractivity contribution in [2.45, 2.75) is 18.3 Å². The van der Waals surface area contributed by atoms with Gasteiger partial charge in [0, 0.05) is 37.3 Å². The van der Waals surface area contributed by atoms with E-state index in [1.807, 2.05) is 12.1 Å². The number of rotatable bonds is 5. The van der Waals surface area contributed by atoms with Crippen LogP contribution in [0.2, 0.25) is 0 Å². The molecule has 1 N–H and O–H groups in total. The largest absolute Gasteiger partial charge is 0.483 e. The van der Waals surface area contributed by atoms with E-state index in [1.54, 1.807) is 7.11 Å². The number of hydrogen-bond donors (Lipinski definition) is 1. The number of allylic oxidation sites excluding steroid dienone is 1. The number of piperazine rings is 1. The Morgan fingerprint density at radius 3 is 2.52 bits per heavy atom. The van der Waals surface area contributed by atoms with Crippen molar-refractivity contribution >= 4 is 5.90 Å². The molecule has 1 aliphatic heterocycles. The molecular formula is C18H24FN3O. The van der Waals surface area contributed by atoms with Crippen LogP contribution in [0.15, 0.2) is 41.5 Å². The van der Waals surface area contributed by atoms with Crippen LogP contribution in [0.4, 0.5) is 4.39 Å². The molecule has 0 aromatic heterocycles. The third-order valence-corrected chi connectivity index (χ3v) is 4.76. The van der Waals surface area contributed by atoms with Crippen molar-refractivity contribution in [1.29, 1.82) is 0 Å². The normalized spacial score (nSPS) is 21.0. The molecule has 0 bridgehead atoms. The van der Waals surface area contributed by atoms with E-state index in [0.29, 0.717) is 12.4 Å². The highest BCUT2D eigenvalue weighted by atomic mass is 19.1. The molecule has 3 rings (SSSR count). The molecule has 5 heteroatoms. The Morgan fingerprint density at radius 1 is 1.30 bits per heavy atom. The number of benzene rings is 1. The van der Waals surface area contributed by atoms with Gasteiger partial charge in [-0.15, -0.1) is 0 Å². The molecule has 1 aromatic rings. The molecule has 4 nitrogen and oxygen atoms in total. The fraction of sp³-hybridized carbons (Fsp3) is 0.500. The van der Waals surface area contributed by atoms with E-state index >= 15 is 0 Å². The molecule has 1 aliphatic carbocycles. The van der Waals surface area contributed by atoms with Crippen LogP contribution in [0.3, 0.4) is 0 Å². The third-order valence-electron chi connectivity index (χ3n) is 4.76. The minimum absolute atomic E-state index is 0.138. The summed E-state index contributed by atoms with van der Waals surface area (Å²) in [6.07, 6.45) is 2.01. The SMILES string of the molecule is C=C(N=C(CN1CCNCC1)OC)C1(c2ccc(F)cc2)CC1. The van der Waals surface area contributed by atoms with Crippen LogP contribution in [-0.2, 0) is 10.2 Å². The fourth-order valence-corrected chi connectivity index (χ4v) is 3.10. The van der Waals surface area contributed by atoms with Gasteiger partial charge in [0.05, 0.1) is 13.7 Å². The first-order valence-electron chi connectivity index (χ1n) is 8.14. The Morgan fingerprint density at radius 2 is 1.96 bits per heavy atom. The maximum Gasteiger partial charge on any atom is 0.202 e. The van der Waals surface area contributed by atoms with Crippen molar-refractivity contribution in [2.75, 3.05) is 39.8 Å². The lowest BCUT2D eigenvalue weighted by molar-refractivity contribution is 0.251. The minimum atomic E-state index is -0.213. The molecule has 2 aliphatic rings. The van der Waals surface area contributed by atoms with Crippen molar-refractivity contribution in [1.82, 2.24) is 10.2 Å². The summed E-state index contributed by atoms with van der Waals surface area (Å²) in [6, 6.07) is 6.69. The van der Waals surface area contributed by atoms with Gasteiger partial charge in [-0.05, 0) is 30.5 Å². The van der Waals surface area contributed by atoms with Crippen molar-refractivity contribution in [3.8, 4) is 0 Å². The summed E-state index contributed by atoms with van der Waals surface area (Å²) in [5.74, 6) is 0.486. The molecule has 2 fully saturated rings. The maximum atomic E-state index is 13.1. The van der Waals surface area contributed by atoms with Crippen LogP contribution in [-0.4, -0.2) is 50.6 Å². The first-order valence-corrected chi connectivity index (χ1v) is 8.14. The van der Waals surface area contributed by atoms with Gasteiger partial charge in [-0.2, -0.15) is 0 Å². The second-order valence-electron chi connectivity index (χ2n) is 6.27. The average Bonchev–Trinajstić information content (AvgIpc) is 3.37. The van der Waals surface area contributed by atoms with E-state index < -0.39 is 0 Å². The fourth-order valence-electron chi connectivity index (χ4n) is 3.10. The summed E-state index contributed by atoms with van der Waals surface area (Å²) < 4.78 is 18.6. The highest BCUT2D eigenvalue weighted by Crippen LogP contribution is 2.53. The van der Waals surface area contributed by atoms with Gasteiger partial charge >= 0.3 is 0 Å². The van der Waals surface area contributed by atoms with Crippen LogP contribution in [0, 0.1) is 5.82 Å². The number of nitrogens with one attached hydrogen (secondary N) is 1. The molecule has 23 heavy (non-hydrogen) atoms. The highest BCUT2D eigenvalue weighted by molar-refractivity contribution is 5.79.